The summed E-state index contributed by atoms with van der Waals surface area (Å²) in [6.07, 6.45) is 4.00. The summed E-state index contributed by atoms with van der Waals surface area (Å²) < 4.78 is 0. The van der Waals surface area contributed by atoms with Crippen molar-refractivity contribution in [2.45, 2.75) is 6.54 Å². The minimum absolute atomic E-state index is 0.00357. The largest absolute Gasteiger partial charge is 0.334 e. The lowest BCUT2D eigenvalue weighted by Gasteiger charge is -2.16. The molecule has 0 atom stereocenters. The van der Waals surface area contributed by atoms with E-state index in [1.54, 1.807) is 4.90 Å². The second kappa shape index (κ2) is 4.64. The quantitative estimate of drug-likeness (QED) is 0.728. The first kappa shape index (κ1) is 9.77. The summed E-state index contributed by atoms with van der Waals surface area (Å²) in [6, 6.07) is 9.92. The number of nitrogens with zero attached hydrogens (tertiary/aromatic N) is 1. The second-order valence-electron chi connectivity index (χ2n) is 3.52. The third-order valence-corrected chi connectivity index (χ3v) is 2.39. The zero-order valence-electron chi connectivity index (χ0n) is 8.52. The highest BCUT2D eigenvalue weighted by molar-refractivity contribution is 5.74. The summed E-state index contributed by atoms with van der Waals surface area (Å²) >= 11 is 0. The highest BCUT2D eigenvalue weighted by Crippen LogP contribution is 2.01. The Morgan fingerprint density at radius 1 is 1.20 bits per heavy atom. The van der Waals surface area contributed by atoms with Crippen LogP contribution in [0, 0.1) is 0 Å². The molecule has 2 amide bonds. The van der Waals surface area contributed by atoms with Crippen molar-refractivity contribution in [2.24, 2.45) is 0 Å². The zero-order valence-corrected chi connectivity index (χ0v) is 8.52. The van der Waals surface area contributed by atoms with Crippen molar-refractivity contribution in [3.63, 3.8) is 0 Å². The molecule has 1 N–H and O–H groups in total. The Labute approximate surface area is 89.4 Å². The molecule has 0 aliphatic carbocycles. The fourth-order valence-electron chi connectivity index (χ4n) is 1.53. The van der Waals surface area contributed by atoms with Crippen molar-refractivity contribution in [1.29, 1.82) is 0 Å². The van der Waals surface area contributed by atoms with E-state index in [4.69, 9.17) is 0 Å². The number of carbonyl (C=O) groups is 1. The van der Waals surface area contributed by atoms with E-state index in [2.05, 4.69) is 5.32 Å². The first-order chi connectivity index (χ1) is 7.36. The molecule has 1 aromatic carbocycles. The molecule has 0 fully saturated rings. The maximum absolute atomic E-state index is 11.6. The summed E-state index contributed by atoms with van der Waals surface area (Å²) in [6.45, 7) is 2.04. The van der Waals surface area contributed by atoms with E-state index < -0.39 is 0 Å². The van der Waals surface area contributed by atoms with Crippen molar-refractivity contribution in [3.05, 3.63) is 48.0 Å². The van der Waals surface area contributed by atoms with Gasteiger partial charge >= 0.3 is 6.03 Å². The minimum atomic E-state index is 0.00357. The van der Waals surface area contributed by atoms with Gasteiger partial charge < -0.3 is 10.2 Å². The topological polar surface area (TPSA) is 32.3 Å². The summed E-state index contributed by atoms with van der Waals surface area (Å²) in [5.74, 6) is 0. The Morgan fingerprint density at radius 3 is 2.53 bits per heavy atom. The fourth-order valence-corrected chi connectivity index (χ4v) is 1.53. The van der Waals surface area contributed by atoms with Gasteiger partial charge in [-0.05, 0) is 5.56 Å². The molecule has 1 aromatic rings. The summed E-state index contributed by atoms with van der Waals surface area (Å²) in [7, 11) is 0. The maximum atomic E-state index is 11.6. The highest BCUT2D eigenvalue weighted by Gasteiger charge is 2.12. The van der Waals surface area contributed by atoms with Crippen molar-refractivity contribution in [1.82, 2.24) is 10.2 Å². The van der Waals surface area contributed by atoms with Crippen LogP contribution in [0.3, 0.4) is 0 Å². The Bertz CT molecular complexity index is 351. The standard InChI is InChI=1S/C12H14N2O/c15-12(14-8-4-5-9-14)13-10-11-6-2-1-3-7-11/h1-7H,8-10H2,(H,13,15). The van der Waals surface area contributed by atoms with Gasteiger partial charge in [-0.25, -0.2) is 4.79 Å². The molecule has 0 bridgehead atoms. The maximum Gasteiger partial charge on any atom is 0.318 e. The molecule has 1 heterocycles. The number of amides is 2. The molecule has 78 valence electrons. The molecule has 0 radical (unpaired) electrons. The number of rotatable bonds is 2. The van der Waals surface area contributed by atoms with Gasteiger partial charge in [-0.2, -0.15) is 0 Å². The van der Waals surface area contributed by atoms with Crippen LogP contribution in [0.25, 0.3) is 0 Å². The Balaban J connectivity index is 1.81. The van der Waals surface area contributed by atoms with Gasteiger partial charge in [0.25, 0.3) is 0 Å². The third kappa shape index (κ3) is 2.59. The molecule has 0 saturated carbocycles. The van der Waals surface area contributed by atoms with E-state index in [1.807, 2.05) is 42.5 Å². The molecule has 2 rings (SSSR count). The van der Waals surface area contributed by atoms with Crippen molar-refractivity contribution < 1.29 is 4.79 Å². The zero-order chi connectivity index (χ0) is 10.5. The van der Waals surface area contributed by atoms with E-state index in [-0.39, 0.29) is 6.03 Å². The van der Waals surface area contributed by atoms with Gasteiger partial charge in [0.2, 0.25) is 0 Å². The van der Waals surface area contributed by atoms with Crippen LogP contribution in [-0.4, -0.2) is 24.0 Å². The van der Waals surface area contributed by atoms with E-state index in [1.165, 1.54) is 0 Å². The van der Waals surface area contributed by atoms with Gasteiger partial charge in [-0.15, -0.1) is 0 Å². The van der Waals surface area contributed by atoms with Crippen LogP contribution in [0.4, 0.5) is 4.79 Å². The van der Waals surface area contributed by atoms with Gasteiger partial charge in [0.05, 0.1) is 0 Å². The lowest BCUT2D eigenvalue weighted by Crippen LogP contribution is -2.37. The first-order valence-corrected chi connectivity index (χ1v) is 5.08. The fraction of sp³-hybridized carbons (Fsp3) is 0.250. The molecule has 0 saturated heterocycles. The Kier molecular flexibility index (Phi) is 3.02. The molecule has 0 unspecified atom stereocenters. The smallest absolute Gasteiger partial charge is 0.318 e. The SMILES string of the molecule is O=C(NCc1ccccc1)N1CC=CC1. The second-order valence-corrected chi connectivity index (χ2v) is 3.52. The summed E-state index contributed by atoms with van der Waals surface area (Å²) in [4.78, 5) is 13.4. The van der Waals surface area contributed by atoms with Crippen LogP contribution in [0.1, 0.15) is 5.56 Å². The molecule has 0 spiro atoms. The van der Waals surface area contributed by atoms with E-state index in [9.17, 15) is 4.79 Å². The number of hydrogen-bond donors (Lipinski definition) is 1. The van der Waals surface area contributed by atoms with Crippen molar-refractivity contribution >= 4 is 6.03 Å². The Hall–Kier alpha value is -1.77. The third-order valence-electron chi connectivity index (χ3n) is 2.39. The first-order valence-electron chi connectivity index (χ1n) is 5.08. The molecule has 1 aliphatic heterocycles. The number of benzene rings is 1. The van der Waals surface area contributed by atoms with E-state index >= 15 is 0 Å². The molecule has 15 heavy (non-hydrogen) atoms. The average Bonchev–Trinajstić information content (AvgIpc) is 2.81. The van der Waals surface area contributed by atoms with Gasteiger partial charge in [-0.1, -0.05) is 42.5 Å². The number of carbonyl (C=O) groups excluding carboxylic acids is 1. The lowest BCUT2D eigenvalue weighted by atomic mass is 10.2. The normalized spacial score (nSPS) is 14.3. The highest BCUT2D eigenvalue weighted by atomic mass is 16.2. The number of urea groups is 1. The molecular formula is C12H14N2O. The molecule has 0 aromatic heterocycles. The Morgan fingerprint density at radius 2 is 1.87 bits per heavy atom. The van der Waals surface area contributed by atoms with Gasteiger partial charge in [0.1, 0.15) is 0 Å². The van der Waals surface area contributed by atoms with Gasteiger partial charge in [-0.3, -0.25) is 0 Å². The van der Waals surface area contributed by atoms with Crippen LogP contribution in [0.2, 0.25) is 0 Å². The number of nitrogens with one attached hydrogen (secondary N) is 1. The van der Waals surface area contributed by atoms with Gasteiger partial charge in [0, 0.05) is 19.6 Å². The predicted molar refractivity (Wildman–Crippen MR) is 59.4 cm³/mol. The van der Waals surface area contributed by atoms with Gasteiger partial charge in [0.15, 0.2) is 0 Å². The van der Waals surface area contributed by atoms with Crippen molar-refractivity contribution in [2.75, 3.05) is 13.1 Å². The molecule has 3 heteroatoms. The van der Waals surface area contributed by atoms with Crippen LogP contribution in [0.5, 0.6) is 0 Å². The lowest BCUT2D eigenvalue weighted by molar-refractivity contribution is 0.210. The molecular weight excluding hydrogens is 188 g/mol. The van der Waals surface area contributed by atoms with Crippen LogP contribution in [-0.2, 0) is 6.54 Å². The minimum Gasteiger partial charge on any atom is -0.334 e. The van der Waals surface area contributed by atoms with Crippen molar-refractivity contribution in [3.8, 4) is 0 Å². The van der Waals surface area contributed by atoms with E-state index in [0.29, 0.717) is 6.54 Å². The predicted octanol–water partition coefficient (Wildman–Crippen LogP) is 1.77. The summed E-state index contributed by atoms with van der Waals surface area (Å²) in [5, 5.41) is 2.89. The number of hydrogen-bond acceptors (Lipinski definition) is 1. The monoisotopic (exact) mass is 202 g/mol. The van der Waals surface area contributed by atoms with Crippen LogP contribution in [0.15, 0.2) is 42.5 Å². The molecule has 3 nitrogen and oxygen atoms in total. The van der Waals surface area contributed by atoms with Crippen LogP contribution < -0.4 is 5.32 Å². The van der Waals surface area contributed by atoms with E-state index in [0.717, 1.165) is 18.7 Å². The van der Waals surface area contributed by atoms with Crippen LogP contribution >= 0.6 is 0 Å². The summed E-state index contributed by atoms with van der Waals surface area (Å²) in [5.41, 5.74) is 1.12. The molecule has 1 aliphatic rings. The average molecular weight is 202 g/mol.